The summed E-state index contributed by atoms with van der Waals surface area (Å²) in [7, 11) is 1.65. The number of aromatic nitrogens is 1. The van der Waals surface area contributed by atoms with Crippen LogP contribution in [-0.2, 0) is 0 Å². The second kappa shape index (κ2) is 5.94. The molecule has 1 aromatic rings. The number of aliphatic hydroxyl groups excluding tert-OH is 2. The van der Waals surface area contributed by atoms with E-state index >= 15 is 0 Å². The van der Waals surface area contributed by atoms with Crippen molar-refractivity contribution in [2.45, 2.75) is 13.8 Å². The molecule has 0 aromatic carbocycles. The third-order valence-corrected chi connectivity index (χ3v) is 3.03. The predicted molar refractivity (Wildman–Crippen MR) is 71.2 cm³/mol. The van der Waals surface area contributed by atoms with Crippen molar-refractivity contribution in [1.82, 2.24) is 4.98 Å². The highest BCUT2D eigenvalue weighted by molar-refractivity contribution is 5.61. The molecule has 0 atom stereocenters. The van der Waals surface area contributed by atoms with Gasteiger partial charge in [0.25, 0.3) is 0 Å². The summed E-state index contributed by atoms with van der Waals surface area (Å²) in [4.78, 5) is 16.2. The molecule has 7 heteroatoms. The van der Waals surface area contributed by atoms with E-state index in [4.69, 9.17) is 0 Å². The molecule has 106 valence electrons. The Hall–Kier alpha value is -1.73. The Bertz CT molecular complexity index is 460. The smallest absolute Gasteiger partial charge is 0.314 e. The van der Waals surface area contributed by atoms with Gasteiger partial charge in [-0.1, -0.05) is 6.92 Å². The standard InChI is InChI=1S/C12H19N3O4/c1-9-4-5-13-11(10(9)15(18)19)14(3)6-12(2,7-16)8-17/h4-5,16-17H,6-8H2,1-3H3. The van der Waals surface area contributed by atoms with E-state index in [1.165, 1.54) is 6.20 Å². The van der Waals surface area contributed by atoms with E-state index in [1.54, 1.807) is 31.9 Å². The molecule has 2 N–H and O–H groups in total. The number of anilines is 1. The predicted octanol–water partition coefficient (Wildman–Crippen LogP) is 0.725. The maximum absolute atomic E-state index is 11.1. The molecule has 0 radical (unpaired) electrons. The van der Waals surface area contributed by atoms with Crippen LogP contribution >= 0.6 is 0 Å². The van der Waals surface area contributed by atoms with Crippen LogP contribution in [0, 0.1) is 22.5 Å². The minimum absolute atomic E-state index is 0.0526. The molecule has 1 heterocycles. The zero-order valence-corrected chi connectivity index (χ0v) is 11.3. The molecule has 0 fully saturated rings. The summed E-state index contributed by atoms with van der Waals surface area (Å²) >= 11 is 0. The van der Waals surface area contributed by atoms with Gasteiger partial charge in [0, 0.05) is 30.8 Å². The summed E-state index contributed by atoms with van der Waals surface area (Å²) < 4.78 is 0. The number of nitrogens with zero attached hydrogens (tertiary/aromatic N) is 3. The minimum atomic E-state index is -0.742. The molecule has 0 aliphatic carbocycles. The molecule has 1 aromatic heterocycles. The second-order valence-electron chi connectivity index (χ2n) is 5.04. The van der Waals surface area contributed by atoms with Crippen molar-refractivity contribution in [3.8, 4) is 0 Å². The van der Waals surface area contributed by atoms with Crippen molar-refractivity contribution >= 4 is 11.5 Å². The summed E-state index contributed by atoms with van der Waals surface area (Å²) in [5.74, 6) is 0.234. The van der Waals surface area contributed by atoms with Crippen molar-refractivity contribution in [2.24, 2.45) is 5.41 Å². The van der Waals surface area contributed by atoms with E-state index < -0.39 is 10.3 Å². The Balaban J connectivity index is 3.10. The van der Waals surface area contributed by atoms with Gasteiger partial charge >= 0.3 is 5.69 Å². The van der Waals surface area contributed by atoms with Crippen molar-refractivity contribution in [3.05, 3.63) is 27.9 Å². The fourth-order valence-electron chi connectivity index (χ4n) is 1.84. The van der Waals surface area contributed by atoms with Gasteiger partial charge in [0.05, 0.1) is 18.1 Å². The lowest BCUT2D eigenvalue weighted by Crippen LogP contribution is -2.39. The highest BCUT2D eigenvalue weighted by Crippen LogP contribution is 2.30. The maximum Gasteiger partial charge on any atom is 0.314 e. The summed E-state index contributed by atoms with van der Waals surface area (Å²) in [6.45, 7) is 3.18. The summed E-state index contributed by atoms with van der Waals surface area (Å²) in [5.41, 5.74) is -0.270. The number of nitro groups is 1. The molecular formula is C12H19N3O4. The molecule has 0 aliphatic rings. The fraction of sp³-hybridized carbons (Fsp3) is 0.583. The van der Waals surface area contributed by atoms with Crippen LogP contribution in [0.15, 0.2) is 12.3 Å². The van der Waals surface area contributed by atoms with Crippen LogP contribution in [0.1, 0.15) is 12.5 Å². The Labute approximate surface area is 111 Å². The van der Waals surface area contributed by atoms with Gasteiger partial charge < -0.3 is 15.1 Å². The molecule has 0 spiro atoms. The monoisotopic (exact) mass is 269 g/mol. The van der Waals surface area contributed by atoms with Crippen LogP contribution in [0.25, 0.3) is 0 Å². The number of aryl methyl sites for hydroxylation is 1. The molecule has 0 saturated carbocycles. The van der Waals surface area contributed by atoms with Crippen LogP contribution in [-0.4, -0.2) is 46.9 Å². The largest absolute Gasteiger partial charge is 0.396 e. The third kappa shape index (κ3) is 3.39. The quantitative estimate of drug-likeness (QED) is 0.583. The Morgan fingerprint density at radius 3 is 2.53 bits per heavy atom. The van der Waals surface area contributed by atoms with Crippen molar-refractivity contribution < 1.29 is 15.1 Å². The van der Waals surface area contributed by atoms with Gasteiger partial charge in [-0.15, -0.1) is 0 Å². The molecule has 0 saturated heterocycles. The molecule has 0 unspecified atom stereocenters. The molecule has 1 rings (SSSR count). The van der Waals surface area contributed by atoms with Gasteiger partial charge in [0.1, 0.15) is 0 Å². The molecule has 0 bridgehead atoms. The normalized spacial score (nSPS) is 11.4. The summed E-state index contributed by atoms with van der Waals surface area (Å²) in [6.07, 6.45) is 1.50. The Kier molecular flexibility index (Phi) is 4.79. The number of rotatable bonds is 6. The second-order valence-corrected chi connectivity index (χ2v) is 5.04. The van der Waals surface area contributed by atoms with E-state index in [2.05, 4.69) is 4.98 Å². The number of aliphatic hydroxyl groups is 2. The van der Waals surface area contributed by atoms with E-state index in [0.717, 1.165) is 0 Å². The lowest BCUT2D eigenvalue weighted by Gasteiger charge is -2.30. The van der Waals surface area contributed by atoms with E-state index in [-0.39, 0.29) is 31.3 Å². The zero-order valence-electron chi connectivity index (χ0n) is 11.3. The first-order chi connectivity index (χ1) is 8.84. The first-order valence-corrected chi connectivity index (χ1v) is 5.87. The van der Waals surface area contributed by atoms with Crippen LogP contribution in [0.2, 0.25) is 0 Å². The topological polar surface area (TPSA) is 99.7 Å². The first-order valence-electron chi connectivity index (χ1n) is 5.87. The first kappa shape index (κ1) is 15.3. The number of hydrogen-bond acceptors (Lipinski definition) is 6. The van der Waals surface area contributed by atoms with Crippen molar-refractivity contribution in [3.63, 3.8) is 0 Å². The molecule has 0 amide bonds. The maximum atomic E-state index is 11.1. The van der Waals surface area contributed by atoms with Crippen molar-refractivity contribution in [2.75, 3.05) is 31.7 Å². The van der Waals surface area contributed by atoms with Gasteiger partial charge in [-0.25, -0.2) is 4.98 Å². The van der Waals surface area contributed by atoms with Gasteiger partial charge in [0.15, 0.2) is 0 Å². The molecule has 0 aliphatic heterocycles. The van der Waals surface area contributed by atoms with E-state index in [0.29, 0.717) is 5.56 Å². The van der Waals surface area contributed by atoms with Gasteiger partial charge in [-0.2, -0.15) is 0 Å². The molecule has 19 heavy (non-hydrogen) atoms. The van der Waals surface area contributed by atoms with Crippen LogP contribution < -0.4 is 4.90 Å². The summed E-state index contributed by atoms with van der Waals surface area (Å²) in [6, 6.07) is 1.58. The van der Waals surface area contributed by atoms with Crippen LogP contribution in [0.4, 0.5) is 11.5 Å². The van der Waals surface area contributed by atoms with Crippen LogP contribution in [0.5, 0.6) is 0 Å². The summed E-state index contributed by atoms with van der Waals surface area (Å²) in [5, 5.41) is 29.6. The fourth-order valence-corrected chi connectivity index (χ4v) is 1.84. The Morgan fingerprint density at radius 2 is 2.05 bits per heavy atom. The number of hydrogen-bond donors (Lipinski definition) is 2. The van der Waals surface area contributed by atoms with Gasteiger partial charge in [0.2, 0.25) is 5.82 Å². The third-order valence-electron chi connectivity index (χ3n) is 3.03. The molecule has 7 nitrogen and oxygen atoms in total. The number of pyridine rings is 1. The zero-order chi connectivity index (χ0) is 14.6. The highest BCUT2D eigenvalue weighted by atomic mass is 16.6. The van der Waals surface area contributed by atoms with E-state index in [1.807, 2.05) is 0 Å². The average Bonchev–Trinajstić information content (AvgIpc) is 2.37. The minimum Gasteiger partial charge on any atom is -0.396 e. The van der Waals surface area contributed by atoms with Gasteiger partial charge in [-0.3, -0.25) is 10.1 Å². The Morgan fingerprint density at radius 1 is 1.47 bits per heavy atom. The lowest BCUT2D eigenvalue weighted by atomic mass is 9.92. The lowest BCUT2D eigenvalue weighted by molar-refractivity contribution is -0.384. The SMILES string of the molecule is Cc1ccnc(N(C)CC(C)(CO)CO)c1[N+](=O)[O-]. The van der Waals surface area contributed by atoms with Crippen molar-refractivity contribution in [1.29, 1.82) is 0 Å². The average molecular weight is 269 g/mol. The molecular weight excluding hydrogens is 250 g/mol. The highest BCUT2D eigenvalue weighted by Gasteiger charge is 2.28. The van der Waals surface area contributed by atoms with Gasteiger partial charge in [-0.05, 0) is 13.0 Å². The van der Waals surface area contributed by atoms with E-state index in [9.17, 15) is 20.3 Å². The van der Waals surface area contributed by atoms with Crippen LogP contribution in [0.3, 0.4) is 0 Å².